The number of hydrogen-bond donors (Lipinski definition) is 1. The summed E-state index contributed by atoms with van der Waals surface area (Å²) >= 11 is 0. The third kappa shape index (κ3) is 6.27. The highest BCUT2D eigenvalue weighted by Gasteiger charge is 2.29. The molecule has 1 heterocycles. The molecule has 0 aromatic heterocycles. The van der Waals surface area contributed by atoms with E-state index in [9.17, 15) is 0 Å². The van der Waals surface area contributed by atoms with E-state index in [4.69, 9.17) is 0 Å². The van der Waals surface area contributed by atoms with Crippen molar-refractivity contribution in [1.29, 1.82) is 0 Å². The molecule has 114 valence electrons. The van der Waals surface area contributed by atoms with E-state index in [1.54, 1.807) is 0 Å². The predicted molar refractivity (Wildman–Crippen MR) is 85.6 cm³/mol. The predicted octanol–water partition coefficient (Wildman–Crippen LogP) is 3.91. The van der Waals surface area contributed by atoms with Crippen molar-refractivity contribution >= 4 is 0 Å². The Morgan fingerprint density at radius 2 is 1.84 bits per heavy atom. The SMILES string of the molecule is CCC1CCCN(CC(C)(CC)CNC(C)(C)C)C1. The number of nitrogens with zero attached hydrogens (tertiary/aromatic N) is 1. The molecule has 0 radical (unpaired) electrons. The molecule has 0 amide bonds. The van der Waals surface area contributed by atoms with Gasteiger partial charge in [0.1, 0.15) is 0 Å². The van der Waals surface area contributed by atoms with Gasteiger partial charge in [0.25, 0.3) is 0 Å². The second-order valence-corrected chi connectivity index (χ2v) is 7.92. The van der Waals surface area contributed by atoms with Crippen LogP contribution in [0.25, 0.3) is 0 Å². The first kappa shape index (κ1) is 17.0. The maximum atomic E-state index is 3.70. The first-order valence-electron chi connectivity index (χ1n) is 8.25. The van der Waals surface area contributed by atoms with Crippen LogP contribution in [0.1, 0.15) is 67.2 Å². The molecule has 1 fully saturated rings. The first-order valence-corrected chi connectivity index (χ1v) is 8.25. The lowest BCUT2D eigenvalue weighted by atomic mass is 9.84. The smallest absolute Gasteiger partial charge is 0.00967 e. The fourth-order valence-corrected chi connectivity index (χ4v) is 2.94. The molecule has 1 aliphatic heterocycles. The molecule has 1 saturated heterocycles. The Morgan fingerprint density at radius 3 is 2.37 bits per heavy atom. The van der Waals surface area contributed by atoms with Gasteiger partial charge >= 0.3 is 0 Å². The summed E-state index contributed by atoms with van der Waals surface area (Å²) in [5.41, 5.74) is 0.632. The molecular weight excluding hydrogens is 232 g/mol. The molecule has 1 N–H and O–H groups in total. The number of hydrogen-bond acceptors (Lipinski definition) is 2. The summed E-state index contributed by atoms with van der Waals surface area (Å²) in [4.78, 5) is 2.71. The molecule has 19 heavy (non-hydrogen) atoms. The fraction of sp³-hybridized carbons (Fsp3) is 1.00. The van der Waals surface area contributed by atoms with Crippen LogP contribution in [0.4, 0.5) is 0 Å². The van der Waals surface area contributed by atoms with Crippen LogP contribution in [0.3, 0.4) is 0 Å². The first-order chi connectivity index (χ1) is 8.78. The minimum atomic E-state index is 0.226. The summed E-state index contributed by atoms with van der Waals surface area (Å²) in [5.74, 6) is 0.936. The van der Waals surface area contributed by atoms with Crippen molar-refractivity contribution in [2.75, 3.05) is 26.2 Å². The van der Waals surface area contributed by atoms with Gasteiger partial charge in [0, 0.05) is 25.2 Å². The van der Waals surface area contributed by atoms with E-state index in [0.29, 0.717) is 5.41 Å². The molecule has 2 nitrogen and oxygen atoms in total. The zero-order valence-corrected chi connectivity index (χ0v) is 14.2. The molecular formula is C17H36N2. The van der Waals surface area contributed by atoms with Crippen LogP contribution >= 0.6 is 0 Å². The van der Waals surface area contributed by atoms with E-state index in [1.165, 1.54) is 45.3 Å². The monoisotopic (exact) mass is 268 g/mol. The van der Waals surface area contributed by atoms with Crippen LogP contribution in [0.15, 0.2) is 0 Å². The van der Waals surface area contributed by atoms with Crippen molar-refractivity contribution < 1.29 is 0 Å². The van der Waals surface area contributed by atoms with Crippen LogP contribution in [-0.2, 0) is 0 Å². The number of piperidine rings is 1. The van der Waals surface area contributed by atoms with Crippen LogP contribution in [0.5, 0.6) is 0 Å². The van der Waals surface area contributed by atoms with Crippen LogP contribution in [0.2, 0.25) is 0 Å². The van der Waals surface area contributed by atoms with Crippen molar-refractivity contribution in [2.45, 2.75) is 72.8 Å². The summed E-state index contributed by atoms with van der Waals surface area (Å²) in [6.07, 6.45) is 5.43. The molecule has 0 aromatic rings. The minimum Gasteiger partial charge on any atom is -0.311 e. The Labute approximate surface area is 121 Å². The molecule has 0 spiro atoms. The third-order valence-corrected chi connectivity index (χ3v) is 4.68. The van der Waals surface area contributed by atoms with Gasteiger partial charge in [-0.25, -0.2) is 0 Å². The van der Waals surface area contributed by atoms with Crippen LogP contribution in [0, 0.1) is 11.3 Å². The number of nitrogens with one attached hydrogen (secondary N) is 1. The quantitative estimate of drug-likeness (QED) is 0.785. The zero-order valence-electron chi connectivity index (χ0n) is 14.2. The Bertz CT molecular complexity index is 256. The fourth-order valence-electron chi connectivity index (χ4n) is 2.94. The van der Waals surface area contributed by atoms with Gasteiger partial charge in [-0.05, 0) is 57.9 Å². The van der Waals surface area contributed by atoms with Crippen LogP contribution < -0.4 is 5.32 Å². The average Bonchev–Trinajstić information content (AvgIpc) is 2.36. The topological polar surface area (TPSA) is 15.3 Å². The standard InChI is InChI=1S/C17H36N2/c1-7-15-10-9-11-19(12-15)14-17(6,8-2)13-18-16(3,4)5/h15,18H,7-14H2,1-6H3. The van der Waals surface area contributed by atoms with Gasteiger partial charge in [-0.1, -0.05) is 27.2 Å². The van der Waals surface area contributed by atoms with Gasteiger partial charge in [-0.15, -0.1) is 0 Å². The Balaban J connectivity index is 2.49. The largest absolute Gasteiger partial charge is 0.311 e. The van der Waals surface area contributed by atoms with Crippen molar-refractivity contribution in [3.05, 3.63) is 0 Å². The summed E-state index contributed by atoms with van der Waals surface area (Å²) in [7, 11) is 0. The van der Waals surface area contributed by atoms with Crippen molar-refractivity contribution in [1.82, 2.24) is 10.2 Å². The van der Waals surface area contributed by atoms with Gasteiger partial charge in [-0.2, -0.15) is 0 Å². The molecule has 2 unspecified atom stereocenters. The van der Waals surface area contributed by atoms with Gasteiger partial charge in [0.15, 0.2) is 0 Å². The van der Waals surface area contributed by atoms with Gasteiger partial charge < -0.3 is 10.2 Å². The number of rotatable bonds is 6. The maximum Gasteiger partial charge on any atom is 0.00967 e. The zero-order chi connectivity index (χ0) is 14.5. The van der Waals surface area contributed by atoms with Gasteiger partial charge in [-0.3, -0.25) is 0 Å². The van der Waals surface area contributed by atoms with E-state index in [1.807, 2.05) is 0 Å². The van der Waals surface area contributed by atoms with Crippen molar-refractivity contribution in [3.63, 3.8) is 0 Å². The third-order valence-electron chi connectivity index (χ3n) is 4.68. The average molecular weight is 268 g/mol. The van der Waals surface area contributed by atoms with Crippen molar-refractivity contribution in [2.24, 2.45) is 11.3 Å². The van der Waals surface area contributed by atoms with Gasteiger partial charge in [0.05, 0.1) is 0 Å². The summed E-state index contributed by atoms with van der Waals surface area (Å²) in [5, 5.41) is 3.70. The second-order valence-electron chi connectivity index (χ2n) is 7.92. The molecule has 2 heteroatoms. The van der Waals surface area contributed by atoms with E-state index >= 15 is 0 Å². The van der Waals surface area contributed by atoms with Crippen LogP contribution in [-0.4, -0.2) is 36.6 Å². The minimum absolute atomic E-state index is 0.226. The molecule has 0 aliphatic carbocycles. The molecule has 2 atom stereocenters. The number of likely N-dealkylation sites (tertiary alicyclic amines) is 1. The Hall–Kier alpha value is -0.0800. The highest BCUT2D eigenvalue weighted by molar-refractivity contribution is 4.85. The molecule has 1 rings (SSSR count). The van der Waals surface area contributed by atoms with E-state index in [0.717, 1.165) is 12.5 Å². The second kappa shape index (κ2) is 7.08. The highest BCUT2D eigenvalue weighted by atomic mass is 15.1. The Morgan fingerprint density at radius 1 is 1.16 bits per heavy atom. The molecule has 1 aliphatic rings. The summed E-state index contributed by atoms with van der Waals surface area (Å²) in [6.45, 7) is 18.9. The molecule has 0 aromatic carbocycles. The van der Waals surface area contributed by atoms with E-state index < -0.39 is 0 Å². The molecule has 0 bridgehead atoms. The Kier molecular flexibility index (Phi) is 6.32. The highest BCUT2D eigenvalue weighted by Crippen LogP contribution is 2.26. The lowest BCUT2D eigenvalue weighted by molar-refractivity contribution is 0.102. The van der Waals surface area contributed by atoms with E-state index in [-0.39, 0.29) is 5.54 Å². The molecule has 0 saturated carbocycles. The lowest BCUT2D eigenvalue weighted by Crippen LogP contribution is -2.49. The van der Waals surface area contributed by atoms with E-state index in [2.05, 4.69) is 51.8 Å². The summed E-state index contributed by atoms with van der Waals surface area (Å²) < 4.78 is 0. The summed E-state index contributed by atoms with van der Waals surface area (Å²) in [6, 6.07) is 0. The normalized spacial score (nSPS) is 25.3. The van der Waals surface area contributed by atoms with Crippen molar-refractivity contribution in [3.8, 4) is 0 Å². The lowest BCUT2D eigenvalue weighted by Gasteiger charge is -2.40. The maximum absolute atomic E-state index is 3.70. The van der Waals surface area contributed by atoms with Gasteiger partial charge in [0.2, 0.25) is 0 Å².